The lowest BCUT2D eigenvalue weighted by molar-refractivity contribution is 0.0526. The highest BCUT2D eigenvalue weighted by atomic mass is 35.5. The summed E-state index contributed by atoms with van der Waals surface area (Å²) in [4.78, 5) is 11.5. The summed E-state index contributed by atoms with van der Waals surface area (Å²) in [7, 11) is 0. The maximum Gasteiger partial charge on any atom is 0.407 e. The van der Waals surface area contributed by atoms with Gasteiger partial charge in [0, 0.05) is 18.3 Å². The number of carbonyl (C=O) groups is 1. The molecule has 1 aromatic rings. The summed E-state index contributed by atoms with van der Waals surface area (Å²) >= 11 is 5.69. The smallest absolute Gasteiger partial charge is 0.407 e. The molecule has 1 unspecified atom stereocenters. The standard InChI is InChI=1S/C14H20ClFN2O2/c1-9(8-17-13(19)20-14(2,3)4)18-10-5-6-12(16)11(15)7-10/h5-7,9,18H,8H2,1-4H3,(H,17,19). The Kier molecular flexibility index (Phi) is 5.62. The first-order chi connectivity index (χ1) is 9.17. The van der Waals surface area contributed by atoms with Gasteiger partial charge in [-0.05, 0) is 45.9 Å². The number of rotatable bonds is 4. The molecule has 0 aliphatic rings. The molecule has 0 saturated heterocycles. The van der Waals surface area contributed by atoms with Gasteiger partial charge in [-0.2, -0.15) is 0 Å². The van der Waals surface area contributed by atoms with Crippen LogP contribution in [0.3, 0.4) is 0 Å². The molecule has 0 heterocycles. The number of nitrogens with one attached hydrogen (secondary N) is 2. The second kappa shape index (κ2) is 6.79. The molecular formula is C14H20ClFN2O2. The topological polar surface area (TPSA) is 50.4 Å². The number of benzene rings is 1. The Morgan fingerprint density at radius 2 is 2.10 bits per heavy atom. The number of hydrogen-bond donors (Lipinski definition) is 2. The van der Waals surface area contributed by atoms with Crippen LogP contribution in [0.15, 0.2) is 18.2 Å². The van der Waals surface area contributed by atoms with E-state index in [-0.39, 0.29) is 11.1 Å². The lowest BCUT2D eigenvalue weighted by atomic mass is 10.2. The van der Waals surface area contributed by atoms with Crippen LogP contribution in [0, 0.1) is 5.82 Å². The first-order valence-electron chi connectivity index (χ1n) is 6.36. The van der Waals surface area contributed by atoms with Gasteiger partial charge in [0.1, 0.15) is 11.4 Å². The quantitative estimate of drug-likeness (QED) is 0.889. The van der Waals surface area contributed by atoms with Crippen molar-refractivity contribution in [3.05, 3.63) is 29.0 Å². The van der Waals surface area contributed by atoms with Crippen LogP contribution < -0.4 is 10.6 Å². The molecule has 2 N–H and O–H groups in total. The number of ether oxygens (including phenoxy) is 1. The Labute approximate surface area is 123 Å². The summed E-state index contributed by atoms with van der Waals surface area (Å²) in [5.41, 5.74) is 0.167. The maximum absolute atomic E-state index is 13.0. The van der Waals surface area contributed by atoms with Gasteiger partial charge in [-0.1, -0.05) is 11.6 Å². The summed E-state index contributed by atoms with van der Waals surface area (Å²) in [6, 6.07) is 4.33. The van der Waals surface area contributed by atoms with Crippen molar-refractivity contribution in [1.29, 1.82) is 0 Å². The van der Waals surface area contributed by atoms with Crippen LogP contribution in [0.5, 0.6) is 0 Å². The molecule has 0 aliphatic carbocycles. The van der Waals surface area contributed by atoms with E-state index in [4.69, 9.17) is 16.3 Å². The Hall–Kier alpha value is -1.49. The minimum atomic E-state index is -0.523. The van der Waals surface area contributed by atoms with E-state index in [1.54, 1.807) is 26.8 Å². The number of amides is 1. The number of anilines is 1. The predicted molar refractivity (Wildman–Crippen MR) is 78.7 cm³/mol. The molecule has 20 heavy (non-hydrogen) atoms. The lowest BCUT2D eigenvalue weighted by Crippen LogP contribution is -2.38. The second-order valence-electron chi connectivity index (χ2n) is 5.56. The summed E-state index contributed by atoms with van der Waals surface area (Å²) < 4.78 is 18.1. The number of alkyl carbamates (subject to hydrolysis) is 1. The molecule has 0 saturated carbocycles. The summed E-state index contributed by atoms with van der Waals surface area (Å²) in [6.07, 6.45) is -0.469. The zero-order valence-corrected chi connectivity index (χ0v) is 12.8. The van der Waals surface area contributed by atoms with E-state index in [0.29, 0.717) is 12.2 Å². The molecule has 1 atom stereocenters. The monoisotopic (exact) mass is 302 g/mol. The summed E-state index contributed by atoms with van der Waals surface area (Å²) in [5, 5.41) is 5.82. The van der Waals surface area contributed by atoms with Crippen molar-refractivity contribution < 1.29 is 13.9 Å². The molecule has 1 aromatic carbocycles. The second-order valence-corrected chi connectivity index (χ2v) is 5.96. The number of carbonyl (C=O) groups excluding carboxylic acids is 1. The van der Waals surface area contributed by atoms with Crippen LogP contribution in [0.2, 0.25) is 5.02 Å². The molecule has 0 aromatic heterocycles. The molecule has 0 aliphatic heterocycles. The first kappa shape index (κ1) is 16.6. The van der Waals surface area contributed by atoms with Crippen molar-refractivity contribution in [2.24, 2.45) is 0 Å². The fourth-order valence-corrected chi connectivity index (χ4v) is 1.65. The molecule has 0 fully saturated rings. The molecule has 6 heteroatoms. The third-order valence-corrected chi connectivity index (χ3v) is 2.57. The van der Waals surface area contributed by atoms with E-state index in [9.17, 15) is 9.18 Å². The minimum absolute atomic E-state index is 0.0518. The molecular weight excluding hydrogens is 283 g/mol. The zero-order valence-electron chi connectivity index (χ0n) is 12.1. The van der Waals surface area contributed by atoms with E-state index in [1.807, 2.05) is 6.92 Å². The molecule has 0 spiro atoms. The van der Waals surface area contributed by atoms with Gasteiger partial charge in [-0.3, -0.25) is 0 Å². The lowest BCUT2D eigenvalue weighted by Gasteiger charge is -2.21. The van der Waals surface area contributed by atoms with Crippen molar-refractivity contribution >= 4 is 23.4 Å². The minimum Gasteiger partial charge on any atom is -0.444 e. The maximum atomic E-state index is 13.0. The van der Waals surface area contributed by atoms with Gasteiger partial charge in [0.05, 0.1) is 5.02 Å². The molecule has 4 nitrogen and oxygen atoms in total. The summed E-state index contributed by atoms with van der Waals surface area (Å²) in [6.45, 7) is 7.66. The van der Waals surface area contributed by atoms with E-state index in [1.165, 1.54) is 12.1 Å². The van der Waals surface area contributed by atoms with Crippen LogP contribution in [-0.2, 0) is 4.74 Å². The van der Waals surface area contributed by atoms with Gasteiger partial charge in [0.15, 0.2) is 0 Å². The van der Waals surface area contributed by atoms with Gasteiger partial charge in [0.25, 0.3) is 0 Å². The third-order valence-electron chi connectivity index (χ3n) is 2.28. The van der Waals surface area contributed by atoms with Crippen LogP contribution in [-0.4, -0.2) is 24.3 Å². The summed E-state index contributed by atoms with van der Waals surface area (Å²) in [5.74, 6) is -0.461. The predicted octanol–water partition coefficient (Wildman–Crippen LogP) is 3.80. The van der Waals surface area contributed by atoms with E-state index >= 15 is 0 Å². The molecule has 112 valence electrons. The normalized spacial score (nSPS) is 12.7. The fraction of sp³-hybridized carbons (Fsp3) is 0.500. The van der Waals surface area contributed by atoms with E-state index in [0.717, 1.165) is 0 Å². The van der Waals surface area contributed by atoms with Crippen molar-refractivity contribution in [2.45, 2.75) is 39.3 Å². The fourth-order valence-electron chi connectivity index (χ4n) is 1.47. The molecule has 1 amide bonds. The van der Waals surface area contributed by atoms with Crippen molar-refractivity contribution in [1.82, 2.24) is 5.32 Å². The van der Waals surface area contributed by atoms with Crippen LogP contribution in [0.1, 0.15) is 27.7 Å². The van der Waals surface area contributed by atoms with E-state index < -0.39 is 17.5 Å². The number of hydrogen-bond acceptors (Lipinski definition) is 3. The third kappa shape index (κ3) is 6.10. The zero-order chi connectivity index (χ0) is 15.3. The van der Waals surface area contributed by atoms with Crippen LogP contribution in [0.25, 0.3) is 0 Å². The Morgan fingerprint density at radius 1 is 1.45 bits per heavy atom. The van der Waals surface area contributed by atoms with Crippen molar-refractivity contribution in [2.75, 3.05) is 11.9 Å². The van der Waals surface area contributed by atoms with E-state index in [2.05, 4.69) is 10.6 Å². The van der Waals surface area contributed by atoms with Gasteiger partial charge in [0.2, 0.25) is 0 Å². The van der Waals surface area contributed by atoms with Crippen LogP contribution >= 0.6 is 11.6 Å². The van der Waals surface area contributed by atoms with Crippen LogP contribution in [0.4, 0.5) is 14.9 Å². The molecule has 0 radical (unpaired) electrons. The average molecular weight is 303 g/mol. The highest BCUT2D eigenvalue weighted by Crippen LogP contribution is 2.19. The Morgan fingerprint density at radius 3 is 2.65 bits per heavy atom. The number of halogens is 2. The average Bonchev–Trinajstić information content (AvgIpc) is 2.29. The van der Waals surface area contributed by atoms with Gasteiger partial charge >= 0.3 is 6.09 Å². The van der Waals surface area contributed by atoms with Gasteiger partial charge in [-0.15, -0.1) is 0 Å². The highest BCUT2D eigenvalue weighted by molar-refractivity contribution is 6.31. The highest BCUT2D eigenvalue weighted by Gasteiger charge is 2.16. The van der Waals surface area contributed by atoms with Crippen molar-refractivity contribution in [3.63, 3.8) is 0 Å². The SMILES string of the molecule is CC(CNC(=O)OC(C)(C)C)Nc1ccc(F)c(Cl)c1. The Balaban J connectivity index is 2.42. The largest absolute Gasteiger partial charge is 0.444 e. The first-order valence-corrected chi connectivity index (χ1v) is 6.73. The van der Waals surface area contributed by atoms with Gasteiger partial charge < -0.3 is 15.4 Å². The Bertz CT molecular complexity index is 475. The van der Waals surface area contributed by atoms with Gasteiger partial charge in [-0.25, -0.2) is 9.18 Å². The molecule has 0 bridgehead atoms. The molecule has 1 rings (SSSR count). The van der Waals surface area contributed by atoms with Crippen molar-refractivity contribution in [3.8, 4) is 0 Å².